The fourth-order valence-corrected chi connectivity index (χ4v) is 5.51. The van der Waals surface area contributed by atoms with Crippen molar-refractivity contribution in [3.05, 3.63) is 65.5 Å². The normalized spacial score (nSPS) is 20.0. The van der Waals surface area contributed by atoms with E-state index in [1.54, 1.807) is 0 Å². The second-order valence-corrected chi connectivity index (χ2v) is 8.23. The zero-order valence-corrected chi connectivity index (χ0v) is 16.9. The van der Waals surface area contributed by atoms with Crippen LogP contribution in [0.1, 0.15) is 42.9 Å². The van der Waals surface area contributed by atoms with Crippen molar-refractivity contribution in [3.63, 3.8) is 0 Å². The van der Waals surface area contributed by atoms with Gasteiger partial charge < -0.3 is 4.81 Å². The Labute approximate surface area is 162 Å². The number of imidazole rings is 1. The number of nitrogens with zero attached hydrogens (tertiary/aromatic N) is 3. The molecule has 3 nitrogen and oxygen atoms in total. The molecule has 1 aromatic heterocycles. The monoisotopic (exact) mass is 356 g/mol. The highest BCUT2D eigenvalue weighted by atomic mass is 15.3. The van der Waals surface area contributed by atoms with Crippen molar-refractivity contribution in [1.29, 1.82) is 0 Å². The molecular weight excluding hydrogens is 329 g/mol. The standard InChI is InChI=1S/C23H27BN3/c1-6-19-17(4)18-11-7-10-16(3)22(18)24-26-14-13-25(5)23(26)21-15(2)9-8-12-20(21)27(19)24/h7-14,17,19H,6H2,1-5H3/q+1. The Bertz CT molecular complexity index is 1050. The van der Waals surface area contributed by atoms with Crippen LogP contribution in [0.25, 0.3) is 11.4 Å². The Kier molecular flexibility index (Phi) is 3.55. The van der Waals surface area contributed by atoms with Gasteiger partial charge in [-0.3, -0.25) is 4.48 Å². The molecule has 0 radical (unpaired) electrons. The van der Waals surface area contributed by atoms with Gasteiger partial charge in [-0.1, -0.05) is 44.2 Å². The molecule has 3 heterocycles. The second-order valence-electron chi connectivity index (χ2n) is 8.23. The molecule has 0 fully saturated rings. The van der Waals surface area contributed by atoms with Gasteiger partial charge in [0.2, 0.25) is 0 Å². The van der Waals surface area contributed by atoms with Crippen LogP contribution in [0.5, 0.6) is 0 Å². The fraction of sp³-hybridized carbons (Fsp3) is 0.348. The first-order valence-corrected chi connectivity index (χ1v) is 10.1. The maximum Gasteiger partial charge on any atom is 0.538 e. The molecule has 2 aliphatic heterocycles. The van der Waals surface area contributed by atoms with E-state index in [1.165, 1.54) is 39.2 Å². The van der Waals surface area contributed by atoms with Gasteiger partial charge in [-0.2, -0.15) is 0 Å². The third-order valence-corrected chi connectivity index (χ3v) is 6.77. The summed E-state index contributed by atoms with van der Waals surface area (Å²) < 4.78 is 4.77. The predicted molar refractivity (Wildman–Crippen MR) is 113 cm³/mol. The molecule has 2 aromatic carbocycles. The van der Waals surface area contributed by atoms with Gasteiger partial charge in [0.05, 0.1) is 12.6 Å². The summed E-state index contributed by atoms with van der Waals surface area (Å²) in [6, 6.07) is 14.1. The summed E-state index contributed by atoms with van der Waals surface area (Å²) >= 11 is 0. The van der Waals surface area contributed by atoms with Gasteiger partial charge in [-0.25, -0.2) is 4.57 Å². The number of benzene rings is 2. The minimum absolute atomic E-state index is 0.229. The number of fused-ring (bicyclic) bond motifs is 8. The van der Waals surface area contributed by atoms with E-state index in [0.29, 0.717) is 12.0 Å². The van der Waals surface area contributed by atoms with Crippen LogP contribution in [0.15, 0.2) is 48.8 Å². The van der Waals surface area contributed by atoms with Crippen molar-refractivity contribution >= 4 is 18.1 Å². The molecule has 2 aliphatic rings. The van der Waals surface area contributed by atoms with Crippen LogP contribution in [0.4, 0.5) is 5.69 Å². The van der Waals surface area contributed by atoms with Crippen LogP contribution in [0.2, 0.25) is 0 Å². The molecular formula is C23H27BN3+. The van der Waals surface area contributed by atoms with Crippen LogP contribution in [-0.4, -0.2) is 17.5 Å². The highest BCUT2D eigenvalue weighted by Crippen LogP contribution is 2.43. The van der Waals surface area contributed by atoms with E-state index < -0.39 is 0 Å². The van der Waals surface area contributed by atoms with Crippen molar-refractivity contribution in [2.24, 2.45) is 7.05 Å². The van der Waals surface area contributed by atoms with Crippen LogP contribution < -0.4 is 14.8 Å². The Balaban J connectivity index is 1.91. The van der Waals surface area contributed by atoms with Crippen LogP contribution in [0, 0.1) is 13.8 Å². The van der Waals surface area contributed by atoms with E-state index >= 15 is 0 Å². The van der Waals surface area contributed by atoms with E-state index in [0.717, 1.165) is 6.42 Å². The summed E-state index contributed by atoms with van der Waals surface area (Å²) in [4.78, 5) is 2.70. The van der Waals surface area contributed by atoms with E-state index in [2.05, 4.69) is 97.4 Å². The van der Waals surface area contributed by atoms with Gasteiger partial charge in [-0.15, -0.1) is 0 Å². The molecule has 0 saturated carbocycles. The Morgan fingerprint density at radius 2 is 1.81 bits per heavy atom. The third-order valence-electron chi connectivity index (χ3n) is 6.77. The van der Waals surface area contributed by atoms with Gasteiger partial charge in [0, 0.05) is 23.1 Å². The van der Waals surface area contributed by atoms with Gasteiger partial charge in [0.15, 0.2) is 0 Å². The highest BCUT2D eigenvalue weighted by Gasteiger charge is 2.52. The Morgan fingerprint density at radius 3 is 2.59 bits per heavy atom. The van der Waals surface area contributed by atoms with E-state index in [1.807, 2.05) is 0 Å². The number of hydrogen-bond donors (Lipinski definition) is 0. The fourth-order valence-electron chi connectivity index (χ4n) is 5.51. The smallest absolute Gasteiger partial charge is 0.366 e. The molecule has 0 amide bonds. The molecule has 3 aromatic rings. The number of aryl methyl sites for hydroxylation is 3. The summed E-state index contributed by atoms with van der Waals surface area (Å²) in [5.41, 5.74) is 8.50. The van der Waals surface area contributed by atoms with Gasteiger partial charge >= 0.3 is 6.98 Å². The van der Waals surface area contributed by atoms with Gasteiger partial charge in [0.1, 0.15) is 12.4 Å². The van der Waals surface area contributed by atoms with Crippen LogP contribution in [-0.2, 0) is 7.05 Å². The average Bonchev–Trinajstić information content (AvgIpc) is 3.04. The highest BCUT2D eigenvalue weighted by molar-refractivity contribution is 6.77. The van der Waals surface area contributed by atoms with Gasteiger partial charge in [-0.05, 0) is 43.0 Å². The molecule has 0 N–H and O–H groups in total. The molecule has 0 spiro atoms. The molecule has 0 aliphatic carbocycles. The zero-order chi connectivity index (χ0) is 18.9. The summed E-state index contributed by atoms with van der Waals surface area (Å²) in [5.74, 6) is 1.82. The van der Waals surface area contributed by atoms with Crippen molar-refractivity contribution in [1.82, 2.24) is 4.48 Å². The number of rotatable bonds is 1. The number of aromatic nitrogens is 2. The third kappa shape index (κ3) is 2.07. The summed E-state index contributed by atoms with van der Waals surface area (Å²) in [7, 11) is 2.17. The predicted octanol–water partition coefficient (Wildman–Crippen LogP) is 3.56. The summed E-state index contributed by atoms with van der Waals surface area (Å²) in [6.07, 6.45) is 5.61. The quantitative estimate of drug-likeness (QED) is 0.480. The first-order valence-electron chi connectivity index (χ1n) is 10.1. The Morgan fingerprint density at radius 1 is 1.07 bits per heavy atom. The molecule has 2 atom stereocenters. The molecule has 0 bridgehead atoms. The minimum Gasteiger partial charge on any atom is -0.366 e. The lowest BCUT2D eigenvalue weighted by atomic mass is 9.54. The lowest BCUT2D eigenvalue weighted by molar-refractivity contribution is -0.659. The number of hydrogen-bond acceptors (Lipinski definition) is 1. The average molecular weight is 356 g/mol. The molecule has 5 rings (SSSR count). The molecule has 4 heteroatoms. The molecule has 0 saturated heterocycles. The van der Waals surface area contributed by atoms with Crippen molar-refractivity contribution in [2.75, 3.05) is 4.81 Å². The molecule has 27 heavy (non-hydrogen) atoms. The first kappa shape index (κ1) is 16.7. The minimum atomic E-state index is 0.229. The summed E-state index contributed by atoms with van der Waals surface area (Å²) in [5, 5.41) is 0. The molecule has 2 unspecified atom stereocenters. The van der Waals surface area contributed by atoms with Crippen molar-refractivity contribution in [3.8, 4) is 11.4 Å². The topological polar surface area (TPSA) is 12.1 Å². The lowest BCUT2D eigenvalue weighted by Gasteiger charge is -2.47. The largest absolute Gasteiger partial charge is 0.538 e. The van der Waals surface area contributed by atoms with E-state index in [-0.39, 0.29) is 6.98 Å². The van der Waals surface area contributed by atoms with Crippen molar-refractivity contribution in [2.45, 2.75) is 46.1 Å². The SMILES string of the molecule is CCC1C(C)c2cccc(C)c2B2N1c1cccc(C)c1-c1n2cc[n+]1C. The summed E-state index contributed by atoms with van der Waals surface area (Å²) in [6.45, 7) is 9.48. The lowest BCUT2D eigenvalue weighted by Crippen LogP contribution is -2.66. The van der Waals surface area contributed by atoms with Crippen molar-refractivity contribution < 1.29 is 4.57 Å². The van der Waals surface area contributed by atoms with Gasteiger partial charge in [0.25, 0.3) is 5.82 Å². The first-order chi connectivity index (χ1) is 13.0. The molecule has 136 valence electrons. The Hall–Kier alpha value is -2.49. The maximum atomic E-state index is 2.70. The van der Waals surface area contributed by atoms with E-state index in [9.17, 15) is 0 Å². The van der Waals surface area contributed by atoms with Crippen LogP contribution in [0.3, 0.4) is 0 Å². The number of anilines is 1. The second kappa shape index (κ2) is 5.75. The van der Waals surface area contributed by atoms with E-state index in [4.69, 9.17) is 0 Å². The van der Waals surface area contributed by atoms with Crippen LogP contribution >= 0.6 is 0 Å². The maximum absolute atomic E-state index is 2.70. The zero-order valence-electron chi connectivity index (χ0n) is 16.9.